The largest absolute Gasteiger partial charge is 0.308 e. The van der Waals surface area contributed by atoms with Gasteiger partial charge in [0.2, 0.25) is 0 Å². The molecule has 1 aliphatic heterocycles. The highest BCUT2D eigenvalue weighted by atomic mass is 15.2. The second-order valence-corrected chi connectivity index (χ2v) is 5.12. The van der Waals surface area contributed by atoms with Crippen LogP contribution in [-0.2, 0) is 0 Å². The number of hydrogen-bond acceptors (Lipinski definition) is 2. The first-order valence-electron chi connectivity index (χ1n) is 6.66. The van der Waals surface area contributed by atoms with Gasteiger partial charge >= 0.3 is 0 Å². The molecule has 0 N–H and O–H groups in total. The number of nitrogens with zero attached hydrogens (tertiary/aromatic N) is 2. The predicted octanol–water partition coefficient (Wildman–Crippen LogP) is 2.59. The fourth-order valence-corrected chi connectivity index (χ4v) is 2.23. The Kier molecular flexibility index (Phi) is 7.03. The molecule has 15 heavy (non-hydrogen) atoms. The molecule has 1 fully saturated rings. The molecule has 0 atom stereocenters. The zero-order chi connectivity index (χ0) is 10.9. The molecule has 0 aromatic heterocycles. The van der Waals surface area contributed by atoms with Gasteiger partial charge in [-0.25, -0.2) is 0 Å². The Labute approximate surface area is 95.6 Å². The Morgan fingerprint density at radius 1 is 0.800 bits per heavy atom. The molecule has 0 unspecified atom stereocenters. The first kappa shape index (κ1) is 13.0. The molecule has 0 saturated carbocycles. The van der Waals surface area contributed by atoms with Crippen LogP contribution in [-0.4, -0.2) is 50.1 Å². The highest BCUT2D eigenvalue weighted by molar-refractivity contribution is 4.62. The van der Waals surface area contributed by atoms with Crippen molar-refractivity contribution in [3.8, 4) is 0 Å². The van der Waals surface area contributed by atoms with Crippen molar-refractivity contribution in [2.24, 2.45) is 0 Å². The van der Waals surface area contributed by atoms with E-state index in [9.17, 15) is 0 Å². The van der Waals surface area contributed by atoms with E-state index in [2.05, 4.69) is 23.9 Å². The fraction of sp³-hybridized carbons (Fsp3) is 1.00. The van der Waals surface area contributed by atoms with Crippen molar-refractivity contribution in [2.75, 3.05) is 40.3 Å². The molecular weight excluding hydrogens is 184 g/mol. The van der Waals surface area contributed by atoms with Crippen molar-refractivity contribution < 1.29 is 0 Å². The van der Waals surface area contributed by atoms with Crippen molar-refractivity contribution in [1.82, 2.24) is 9.80 Å². The molecule has 0 spiro atoms. The Morgan fingerprint density at radius 2 is 1.27 bits per heavy atom. The maximum atomic E-state index is 2.66. The maximum absolute atomic E-state index is 2.66. The normalized spacial score (nSPS) is 21.8. The molecule has 0 aromatic carbocycles. The lowest BCUT2D eigenvalue weighted by atomic mass is 10.1. The van der Waals surface area contributed by atoms with E-state index in [4.69, 9.17) is 0 Å². The molecule has 90 valence electrons. The molecule has 0 amide bonds. The quantitative estimate of drug-likeness (QED) is 0.709. The second kappa shape index (κ2) is 8.12. The molecule has 1 rings (SSSR count). The smallest absolute Gasteiger partial charge is 0.0109 e. The summed E-state index contributed by atoms with van der Waals surface area (Å²) in [5, 5.41) is 0. The van der Waals surface area contributed by atoms with E-state index in [0.29, 0.717) is 0 Å². The number of hydrogen-bond donors (Lipinski definition) is 0. The van der Waals surface area contributed by atoms with Crippen molar-refractivity contribution in [1.29, 1.82) is 0 Å². The van der Waals surface area contributed by atoms with Crippen molar-refractivity contribution in [3.05, 3.63) is 0 Å². The standard InChI is InChI=1S/C13H28N2/c1-14(2)12-13-15-10-8-6-4-3-5-7-9-11-15/h3-13H2,1-2H3. The monoisotopic (exact) mass is 212 g/mol. The summed E-state index contributed by atoms with van der Waals surface area (Å²) in [7, 11) is 4.34. The Bertz CT molecular complexity index is 135. The molecule has 0 bridgehead atoms. The van der Waals surface area contributed by atoms with Crippen molar-refractivity contribution in [2.45, 2.75) is 44.9 Å². The summed E-state index contributed by atoms with van der Waals surface area (Å²) in [6, 6.07) is 0. The van der Waals surface area contributed by atoms with Crippen LogP contribution >= 0.6 is 0 Å². The average molecular weight is 212 g/mol. The SMILES string of the molecule is CN(C)CCN1CCCCCCCCC1. The summed E-state index contributed by atoms with van der Waals surface area (Å²) in [6.45, 7) is 5.12. The summed E-state index contributed by atoms with van der Waals surface area (Å²) >= 11 is 0. The molecule has 2 heteroatoms. The van der Waals surface area contributed by atoms with Crippen LogP contribution < -0.4 is 0 Å². The number of likely N-dealkylation sites (N-methyl/N-ethyl adjacent to an activating group) is 1. The average Bonchev–Trinajstić information content (AvgIpc) is 2.23. The molecule has 1 aliphatic rings. The predicted molar refractivity (Wildman–Crippen MR) is 67.3 cm³/mol. The lowest BCUT2D eigenvalue weighted by Gasteiger charge is -2.24. The number of rotatable bonds is 3. The summed E-state index contributed by atoms with van der Waals surface area (Å²) < 4.78 is 0. The first-order chi connectivity index (χ1) is 7.29. The van der Waals surface area contributed by atoms with Crippen LogP contribution in [0.5, 0.6) is 0 Å². The maximum Gasteiger partial charge on any atom is 0.0109 e. The van der Waals surface area contributed by atoms with E-state index in [1.165, 1.54) is 71.1 Å². The van der Waals surface area contributed by atoms with Gasteiger partial charge in [0.15, 0.2) is 0 Å². The molecular formula is C13H28N2. The van der Waals surface area contributed by atoms with Crippen LogP contribution in [0.4, 0.5) is 0 Å². The Balaban J connectivity index is 2.19. The van der Waals surface area contributed by atoms with Crippen molar-refractivity contribution in [3.63, 3.8) is 0 Å². The third-order valence-corrected chi connectivity index (χ3v) is 3.31. The Morgan fingerprint density at radius 3 is 1.73 bits per heavy atom. The van der Waals surface area contributed by atoms with Crippen LogP contribution in [0.1, 0.15) is 44.9 Å². The topological polar surface area (TPSA) is 6.48 Å². The summed E-state index contributed by atoms with van der Waals surface area (Å²) in [5.41, 5.74) is 0. The zero-order valence-electron chi connectivity index (χ0n) is 10.7. The highest BCUT2D eigenvalue weighted by Crippen LogP contribution is 2.11. The fourth-order valence-electron chi connectivity index (χ4n) is 2.23. The molecule has 0 radical (unpaired) electrons. The van der Waals surface area contributed by atoms with Gasteiger partial charge in [-0.05, 0) is 40.0 Å². The lowest BCUT2D eigenvalue weighted by Crippen LogP contribution is -2.33. The van der Waals surface area contributed by atoms with Crippen LogP contribution in [0.3, 0.4) is 0 Å². The first-order valence-corrected chi connectivity index (χ1v) is 6.66. The highest BCUT2D eigenvalue weighted by Gasteiger charge is 2.06. The van der Waals surface area contributed by atoms with Gasteiger partial charge in [-0.2, -0.15) is 0 Å². The van der Waals surface area contributed by atoms with Gasteiger partial charge in [0.1, 0.15) is 0 Å². The minimum Gasteiger partial charge on any atom is -0.308 e. The van der Waals surface area contributed by atoms with Gasteiger partial charge in [0.25, 0.3) is 0 Å². The zero-order valence-corrected chi connectivity index (χ0v) is 10.7. The Hall–Kier alpha value is -0.0800. The lowest BCUT2D eigenvalue weighted by molar-refractivity contribution is 0.228. The van der Waals surface area contributed by atoms with Gasteiger partial charge in [0, 0.05) is 13.1 Å². The molecule has 1 saturated heterocycles. The van der Waals surface area contributed by atoms with Crippen molar-refractivity contribution >= 4 is 0 Å². The van der Waals surface area contributed by atoms with E-state index in [1.54, 1.807) is 0 Å². The van der Waals surface area contributed by atoms with Crippen LogP contribution in [0.15, 0.2) is 0 Å². The van der Waals surface area contributed by atoms with Gasteiger partial charge in [-0.1, -0.05) is 32.1 Å². The van der Waals surface area contributed by atoms with Gasteiger partial charge < -0.3 is 9.80 Å². The molecule has 0 aromatic rings. The van der Waals surface area contributed by atoms with E-state index >= 15 is 0 Å². The minimum atomic E-state index is 1.21. The van der Waals surface area contributed by atoms with E-state index < -0.39 is 0 Å². The molecule has 2 nitrogen and oxygen atoms in total. The third-order valence-electron chi connectivity index (χ3n) is 3.31. The second-order valence-electron chi connectivity index (χ2n) is 5.12. The van der Waals surface area contributed by atoms with Crippen LogP contribution in [0.25, 0.3) is 0 Å². The summed E-state index contributed by atoms with van der Waals surface area (Å²) in [5.74, 6) is 0. The van der Waals surface area contributed by atoms with Crippen LogP contribution in [0.2, 0.25) is 0 Å². The van der Waals surface area contributed by atoms with Gasteiger partial charge in [0.05, 0.1) is 0 Å². The molecule has 1 heterocycles. The minimum absolute atomic E-state index is 1.21. The third kappa shape index (κ3) is 6.91. The van der Waals surface area contributed by atoms with Crippen LogP contribution in [0, 0.1) is 0 Å². The van der Waals surface area contributed by atoms with E-state index in [-0.39, 0.29) is 0 Å². The van der Waals surface area contributed by atoms with E-state index in [1.807, 2.05) is 0 Å². The summed E-state index contributed by atoms with van der Waals surface area (Å²) in [6.07, 6.45) is 10.1. The summed E-state index contributed by atoms with van der Waals surface area (Å²) in [4.78, 5) is 4.95. The van der Waals surface area contributed by atoms with E-state index in [0.717, 1.165) is 0 Å². The molecule has 0 aliphatic carbocycles. The van der Waals surface area contributed by atoms with Gasteiger partial charge in [-0.3, -0.25) is 0 Å². The van der Waals surface area contributed by atoms with Gasteiger partial charge in [-0.15, -0.1) is 0 Å².